The van der Waals surface area contributed by atoms with Gasteiger partial charge in [0.15, 0.2) is 11.5 Å². The first-order valence-electron chi connectivity index (χ1n) is 12.3. The normalized spacial score (nSPS) is 34.6. The van der Waals surface area contributed by atoms with Crippen molar-refractivity contribution in [2.24, 2.45) is 0 Å². The maximum Gasteiger partial charge on any atom is 0.229 e. The first kappa shape index (κ1) is 30.0. The average Bonchev–Trinajstić information content (AvgIpc) is 2.93. The van der Waals surface area contributed by atoms with Gasteiger partial charge in [0.05, 0.1) is 13.2 Å². The van der Waals surface area contributed by atoms with E-state index >= 15 is 0 Å². The lowest BCUT2D eigenvalue weighted by molar-refractivity contribution is -0.277. The Hall–Kier alpha value is -3.02. The molecule has 2 fully saturated rings. The van der Waals surface area contributed by atoms with Gasteiger partial charge in [-0.3, -0.25) is 0 Å². The highest BCUT2D eigenvalue weighted by Crippen LogP contribution is 2.32. The minimum Gasteiger partial charge on any atom is -0.508 e. The highest BCUT2D eigenvalue weighted by molar-refractivity contribution is 5.72. The minimum absolute atomic E-state index is 0.0510. The largest absolute Gasteiger partial charge is 0.508 e. The molecular weight excluding hydrogens is 536 g/mol. The molecule has 2 aliphatic rings. The standard InChI is InChI=1S/C26H32O14/c27-9-17-19(31)21(33)23(35)25(39-17)37-14-6-12(5-13(29)8-14)2-1-11-3-4-16(15(30)7-11)38-26-24(36)22(34)20(32)18(10-28)40-26/h1-8,17-36H,9-10H2/b2-1-. The molecule has 14 heteroatoms. The molecule has 2 aromatic rings. The number of aliphatic hydroxyl groups excluding tert-OH is 8. The van der Waals surface area contributed by atoms with Crippen LogP contribution in [0.2, 0.25) is 0 Å². The second kappa shape index (κ2) is 12.7. The van der Waals surface area contributed by atoms with Crippen LogP contribution in [0.4, 0.5) is 0 Å². The number of rotatable bonds is 8. The molecule has 40 heavy (non-hydrogen) atoms. The van der Waals surface area contributed by atoms with Crippen LogP contribution in [0.5, 0.6) is 23.0 Å². The van der Waals surface area contributed by atoms with Gasteiger partial charge < -0.3 is 70.0 Å². The third kappa shape index (κ3) is 6.47. The maximum absolute atomic E-state index is 10.4. The molecule has 0 aromatic heterocycles. The van der Waals surface area contributed by atoms with Gasteiger partial charge in [0.2, 0.25) is 12.6 Å². The van der Waals surface area contributed by atoms with Crippen LogP contribution in [-0.2, 0) is 9.47 Å². The van der Waals surface area contributed by atoms with Crippen LogP contribution < -0.4 is 9.47 Å². The molecule has 10 unspecified atom stereocenters. The minimum atomic E-state index is -1.65. The molecule has 0 spiro atoms. The molecule has 2 aromatic carbocycles. The van der Waals surface area contributed by atoms with Crippen LogP contribution in [0.3, 0.4) is 0 Å². The Labute approximate surface area is 227 Å². The number of hydrogen-bond donors (Lipinski definition) is 10. The van der Waals surface area contributed by atoms with Crippen molar-refractivity contribution >= 4 is 12.2 Å². The first-order chi connectivity index (χ1) is 19.0. The lowest BCUT2D eigenvalue weighted by Gasteiger charge is -2.39. The van der Waals surface area contributed by atoms with Crippen LogP contribution in [0.15, 0.2) is 36.4 Å². The second-order valence-electron chi connectivity index (χ2n) is 9.45. The Morgan fingerprint density at radius 1 is 0.625 bits per heavy atom. The lowest BCUT2D eigenvalue weighted by Crippen LogP contribution is -2.60. The maximum atomic E-state index is 10.4. The number of benzene rings is 2. The van der Waals surface area contributed by atoms with E-state index in [9.17, 15) is 51.1 Å². The van der Waals surface area contributed by atoms with E-state index in [-0.39, 0.29) is 23.0 Å². The summed E-state index contributed by atoms with van der Waals surface area (Å²) in [5.74, 6) is -0.598. The zero-order valence-corrected chi connectivity index (χ0v) is 20.9. The summed E-state index contributed by atoms with van der Waals surface area (Å²) in [7, 11) is 0. The third-order valence-corrected chi connectivity index (χ3v) is 6.56. The summed E-state index contributed by atoms with van der Waals surface area (Å²) in [6.45, 7) is -1.26. The molecule has 10 atom stereocenters. The number of hydrogen-bond acceptors (Lipinski definition) is 14. The van der Waals surface area contributed by atoms with Crippen LogP contribution in [0.1, 0.15) is 11.1 Å². The van der Waals surface area contributed by atoms with Crippen molar-refractivity contribution in [3.05, 3.63) is 47.5 Å². The van der Waals surface area contributed by atoms with E-state index < -0.39 is 74.6 Å². The van der Waals surface area contributed by atoms with Gasteiger partial charge >= 0.3 is 0 Å². The van der Waals surface area contributed by atoms with E-state index in [0.717, 1.165) is 0 Å². The van der Waals surface area contributed by atoms with Gasteiger partial charge in [0.25, 0.3) is 0 Å². The van der Waals surface area contributed by atoms with Crippen molar-refractivity contribution in [3.63, 3.8) is 0 Å². The number of phenolic OH excluding ortho intramolecular Hbond substituents is 2. The molecule has 10 N–H and O–H groups in total. The molecule has 2 aliphatic heterocycles. The molecule has 2 saturated heterocycles. The molecule has 220 valence electrons. The van der Waals surface area contributed by atoms with Gasteiger partial charge in [-0.2, -0.15) is 0 Å². The van der Waals surface area contributed by atoms with E-state index in [4.69, 9.17) is 18.9 Å². The molecule has 0 radical (unpaired) electrons. The van der Waals surface area contributed by atoms with Gasteiger partial charge in [-0.15, -0.1) is 0 Å². The Kier molecular flexibility index (Phi) is 9.48. The summed E-state index contributed by atoms with van der Waals surface area (Å²) in [4.78, 5) is 0. The van der Waals surface area contributed by atoms with Gasteiger partial charge in [0.1, 0.15) is 60.3 Å². The van der Waals surface area contributed by atoms with Crippen molar-refractivity contribution in [2.75, 3.05) is 13.2 Å². The van der Waals surface area contributed by atoms with E-state index in [1.165, 1.54) is 30.3 Å². The highest BCUT2D eigenvalue weighted by Gasteiger charge is 2.46. The van der Waals surface area contributed by atoms with Crippen molar-refractivity contribution in [2.45, 2.75) is 61.4 Å². The zero-order valence-electron chi connectivity index (χ0n) is 20.9. The van der Waals surface area contributed by atoms with Gasteiger partial charge in [-0.1, -0.05) is 18.2 Å². The van der Waals surface area contributed by atoms with Crippen LogP contribution in [-0.4, -0.2) is 126 Å². The molecule has 0 saturated carbocycles. The molecular formula is C26H32O14. The predicted octanol–water partition coefficient (Wildman–Crippen LogP) is -2.37. The SMILES string of the molecule is OCC1OC(Oc2cc(O)cc(/C=C\c3ccc(OC4OC(CO)C(O)C(O)C4O)c(O)c3)c2)C(O)C(O)C1O. The number of phenols is 2. The fourth-order valence-corrected chi connectivity index (χ4v) is 4.29. The van der Waals surface area contributed by atoms with Crippen LogP contribution >= 0.6 is 0 Å². The summed E-state index contributed by atoms with van der Waals surface area (Å²) >= 11 is 0. The lowest BCUT2D eigenvalue weighted by atomic mass is 9.99. The number of aliphatic hydroxyl groups is 8. The van der Waals surface area contributed by atoms with Crippen LogP contribution in [0, 0.1) is 0 Å². The smallest absolute Gasteiger partial charge is 0.229 e. The average molecular weight is 569 g/mol. The predicted molar refractivity (Wildman–Crippen MR) is 134 cm³/mol. The Morgan fingerprint density at radius 2 is 1.18 bits per heavy atom. The molecule has 2 heterocycles. The van der Waals surface area contributed by atoms with Crippen molar-refractivity contribution < 1.29 is 70.0 Å². The third-order valence-electron chi connectivity index (χ3n) is 6.56. The zero-order chi connectivity index (χ0) is 29.1. The van der Waals surface area contributed by atoms with E-state index in [1.54, 1.807) is 18.2 Å². The van der Waals surface area contributed by atoms with Gasteiger partial charge in [0, 0.05) is 6.07 Å². The summed E-state index contributed by atoms with van der Waals surface area (Å²) in [5, 5.41) is 99.1. The Balaban J connectivity index is 1.44. The molecule has 0 aliphatic carbocycles. The molecule has 4 rings (SSSR count). The second-order valence-corrected chi connectivity index (χ2v) is 9.45. The van der Waals surface area contributed by atoms with E-state index in [1.807, 2.05) is 0 Å². The first-order valence-corrected chi connectivity index (χ1v) is 12.3. The van der Waals surface area contributed by atoms with E-state index in [2.05, 4.69) is 0 Å². The van der Waals surface area contributed by atoms with E-state index in [0.29, 0.717) is 11.1 Å². The monoisotopic (exact) mass is 568 g/mol. The van der Waals surface area contributed by atoms with Crippen molar-refractivity contribution in [1.82, 2.24) is 0 Å². The summed E-state index contributed by atoms with van der Waals surface area (Å²) in [6, 6.07) is 8.34. The highest BCUT2D eigenvalue weighted by atomic mass is 16.7. The van der Waals surface area contributed by atoms with Gasteiger partial charge in [-0.05, 0) is 35.4 Å². The molecule has 0 amide bonds. The summed E-state index contributed by atoms with van der Waals surface area (Å²) < 4.78 is 21.6. The summed E-state index contributed by atoms with van der Waals surface area (Å²) in [6.07, 6.45) is -11.8. The summed E-state index contributed by atoms with van der Waals surface area (Å²) in [5.41, 5.74) is 0.916. The topological polar surface area (TPSA) is 239 Å². The quantitative estimate of drug-likeness (QED) is 0.150. The van der Waals surface area contributed by atoms with Crippen molar-refractivity contribution in [1.29, 1.82) is 0 Å². The number of aromatic hydroxyl groups is 2. The fraction of sp³-hybridized carbons (Fsp3) is 0.462. The van der Waals surface area contributed by atoms with Crippen molar-refractivity contribution in [3.8, 4) is 23.0 Å². The number of ether oxygens (including phenoxy) is 4. The Morgan fingerprint density at radius 3 is 1.73 bits per heavy atom. The molecule has 0 bridgehead atoms. The fourth-order valence-electron chi connectivity index (χ4n) is 4.29. The molecule has 14 nitrogen and oxygen atoms in total. The van der Waals surface area contributed by atoms with Crippen LogP contribution in [0.25, 0.3) is 12.2 Å². The van der Waals surface area contributed by atoms with Gasteiger partial charge in [-0.25, -0.2) is 0 Å². The Bertz CT molecular complexity index is 1170.